The highest BCUT2D eigenvalue weighted by molar-refractivity contribution is 5.60. The van der Waals surface area contributed by atoms with Crippen LogP contribution >= 0.6 is 0 Å². The molecule has 0 unspecified atom stereocenters. The number of para-hydroxylation sites is 1. The van der Waals surface area contributed by atoms with Crippen molar-refractivity contribution < 1.29 is 5.11 Å². The van der Waals surface area contributed by atoms with Gasteiger partial charge in [-0.15, -0.1) is 0 Å². The number of rotatable bonds is 3. The van der Waals surface area contributed by atoms with E-state index in [2.05, 4.69) is 0 Å². The molecule has 0 spiro atoms. The van der Waals surface area contributed by atoms with Crippen molar-refractivity contribution in [3.8, 4) is 5.75 Å². The Bertz CT molecular complexity index is 364. The molecule has 0 aliphatic heterocycles. The fourth-order valence-corrected chi connectivity index (χ4v) is 1.44. The smallest absolute Gasteiger partial charge is 0.122 e. The third kappa shape index (κ3) is 3.08. The molecule has 0 radical (unpaired) electrons. The maximum atomic E-state index is 9.59. The lowest BCUT2D eigenvalue weighted by Gasteiger charge is -2.22. The molecule has 1 aromatic carbocycles. The fraction of sp³-hybridized carbons (Fsp3) is 0.333. The van der Waals surface area contributed by atoms with Crippen LogP contribution in [0.5, 0.6) is 5.75 Å². The summed E-state index contributed by atoms with van der Waals surface area (Å²) in [5, 5.41) is 9.59. The van der Waals surface area contributed by atoms with E-state index in [4.69, 9.17) is 11.5 Å². The molecule has 0 saturated heterocycles. The minimum Gasteiger partial charge on any atom is -0.507 e. The van der Waals surface area contributed by atoms with Gasteiger partial charge in [-0.1, -0.05) is 25.1 Å². The van der Waals surface area contributed by atoms with Crippen LogP contribution in [0.15, 0.2) is 29.8 Å². The minimum atomic E-state index is -0.836. The normalized spacial score (nSPS) is 12.9. The summed E-state index contributed by atoms with van der Waals surface area (Å²) in [6.07, 6.45) is 2.60. The molecule has 0 aliphatic carbocycles. The van der Waals surface area contributed by atoms with Gasteiger partial charge >= 0.3 is 0 Å². The predicted molar refractivity (Wildman–Crippen MR) is 63.2 cm³/mol. The van der Waals surface area contributed by atoms with E-state index in [1.807, 2.05) is 25.1 Å². The number of phenols is 1. The molecule has 0 aromatic heterocycles. The zero-order valence-electron chi connectivity index (χ0n) is 9.20. The second-order valence-electron chi connectivity index (χ2n) is 3.86. The lowest BCUT2D eigenvalue weighted by atomic mass is 9.98. The second-order valence-corrected chi connectivity index (χ2v) is 3.86. The van der Waals surface area contributed by atoms with Crippen LogP contribution in [0.2, 0.25) is 0 Å². The number of nitrogens with two attached hydrogens (primary N) is 2. The molecule has 0 amide bonds. The molecule has 0 aliphatic rings. The van der Waals surface area contributed by atoms with Gasteiger partial charge in [0.25, 0.3) is 0 Å². The van der Waals surface area contributed by atoms with Crippen molar-refractivity contribution in [2.45, 2.75) is 25.9 Å². The van der Waals surface area contributed by atoms with E-state index in [1.165, 1.54) is 0 Å². The highest BCUT2D eigenvalue weighted by atomic mass is 16.3. The van der Waals surface area contributed by atoms with Crippen LogP contribution in [-0.4, -0.2) is 10.8 Å². The average molecular weight is 206 g/mol. The van der Waals surface area contributed by atoms with E-state index >= 15 is 0 Å². The van der Waals surface area contributed by atoms with Gasteiger partial charge in [0.05, 0.1) is 5.66 Å². The second kappa shape index (κ2) is 4.47. The van der Waals surface area contributed by atoms with Crippen LogP contribution in [0.25, 0.3) is 6.08 Å². The molecule has 1 aromatic rings. The fourth-order valence-electron chi connectivity index (χ4n) is 1.44. The van der Waals surface area contributed by atoms with Crippen molar-refractivity contribution in [1.29, 1.82) is 0 Å². The number of benzene rings is 1. The van der Waals surface area contributed by atoms with Crippen molar-refractivity contribution in [2.24, 2.45) is 11.5 Å². The molecule has 1 rings (SSSR count). The van der Waals surface area contributed by atoms with Crippen LogP contribution < -0.4 is 11.5 Å². The van der Waals surface area contributed by atoms with Gasteiger partial charge in [-0.25, -0.2) is 0 Å². The number of aromatic hydroxyl groups is 1. The van der Waals surface area contributed by atoms with Gasteiger partial charge in [-0.2, -0.15) is 0 Å². The Hall–Kier alpha value is -1.32. The van der Waals surface area contributed by atoms with Gasteiger partial charge in [0.1, 0.15) is 5.75 Å². The first-order chi connectivity index (χ1) is 6.95. The summed E-state index contributed by atoms with van der Waals surface area (Å²) in [6.45, 7) is 3.74. The summed E-state index contributed by atoms with van der Waals surface area (Å²) in [7, 11) is 0. The topological polar surface area (TPSA) is 72.3 Å². The minimum absolute atomic E-state index is 0.243. The Kier molecular flexibility index (Phi) is 3.50. The van der Waals surface area contributed by atoms with Gasteiger partial charge < -0.3 is 16.6 Å². The Morgan fingerprint density at radius 1 is 1.40 bits per heavy atom. The molecule has 0 atom stereocenters. The molecule has 15 heavy (non-hydrogen) atoms. The van der Waals surface area contributed by atoms with E-state index in [1.54, 1.807) is 19.1 Å². The molecule has 0 bridgehead atoms. The van der Waals surface area contributed by atoms with Crippen molar-refractivity contribution in [3.05, 3.63) is 35.4 Å². The van der Waals surface area contributed by atoms with Gasteiger partial charge in [-0.3, -0.25) is 0 Å². The molecule has 82 valence electrons. The highest BCUT2D eigenvalue weighted by Crippen LogP contribution is 2.22. The van der Waals surface area contributed by atoms with E-state index in [9.17, 15) is 5.11 Å². The maximum Gasteiger partial charge on any atom is 0.122 e. The van der Waals surface area contributed by atoms with E-state index in [0.29, 0.717) is 0 Å². The lowest BCUT2D eigenvalue weighted by molar-refractivity contribution is 0.473. The Morgan fingerprint density at radius 2 is 2.00 bits per heavy atom. The SMILES string of the molecule is CCC(=Cc1ccccc1O)C(C)(N)N. The summed E-state index contributed by atoms with van der Waals surface area (Å²) < 4.78 is 0. The summed E-state index contributed by atoms with van der Waals surface area (Å²) in [6, 6.07) is 7.12. The summed E-state index contributed by atoms with van der Waals surface area (Å²) in [5.41, 5.74) is 12.4. The molecule has 3 heteroatoms. The van der Waals surface area contributed by atoms with Crippen LogP contribution in [0.1, 0.15) is 25.8 Å². The first kappa shape index (κ1) is 11.8. The molecule has 0 heterocycles. The Labute approximate surface area is 90.4 Å². The van der Waals surface area contributed by atoms with Crippen LogP contribution in [0, 0.1) is 0 Å². The van der Waals surface area contributed by atoms with Crippen molar-refractivity contribution >= 4 is 6.08 Å². The predicted octanol–water partition coefficient (Wildman–Crippen LogP) is 1.82. The monoisotopic (exact) mass is 206 g/mol. The average Bonchev–Trinajstić information content (AvgIpc) is 2.14. The van der Waals surface area contributed by atoms with Gasteiger partial charge in [0.15, 0.2) is 0 Å². The van der Waals surface area contributed by atoms with Gasteiger partial charge in [-0.05, 0) is 31.1 Å². The first-order valence-corrected chi connectivity index (χ1v) is 5.02. The van der Waals surface area contributed by atoms with E-state index in [-0.39, 0.29) is 5.75 Å². The molecule has 0 saturated carbocycles. The van der Waals surface area contributed by atoms with Crippen molar-refractivity contribution in [2.75, 3.05) is 0 Å². The standard InChI is InChI=1S/C12H18N2O/c1-3-10(12(2,13)14)8-9-6-4-5-7-11(9)15/h4-8,15H,3,13-14H2,1-2H3. The number of hydrogen-bond acceptors (Lipinski definition) is 3. The first-order valence-electron chi connectivity index (χ1n) is 5.02. The summed E-state index contributed by atoms with van der Waals surface area (Å²) >= 11 is 0. The molecular weight excluding hydrogens is 188 g/mol. The maximum absolute atomic E-state index is 9.59. The zero-order valence-corrected chi connectivity index (χ0v) is 9.20. The van der Waals surface area contributed by atoms with Gasteiger partial charge in [0, 0.05) is 5.56 Å². The van der Waals surface area contributed by atoms with E-state index < -0.39 is 5.66 Å². The largest absolute Gasteiger partial charge is 0.507 e. The summed E-state index contributed by atoms with van der Waals surface area (Å²) in [5.74, 6) is 0.243. The number of phenolic OH excluding ortho intramolecular Hbond substituents is 1. The van der Waals surface area contributed by atoms with Crippen LogP contribution in [-0.2, 0) is 0 Å². The zero-order chi connectivity index (χ0) is 11.5. The quantitative estimate of drug-likeness (QED) is 0.660. The van der Waals surface area contributed by atoms with Gasteiger partial charge in [0.2, 0.25) is 0 Å². The highest BCUT2D eigenvalue weighted by Gasteiger charge is 2.16. The van der Waals surface area contributed by atoms with E-state index in [0.717, 1.165) is 17.6 Å². The molecule has 3 nitrogen and oxygen atoms in total. The van der Waals surface area contributed by atoms with Crippen LogP contribution in [0.4, 0.5) is 0 Å². The molecule has 0 fully saturated rings. The Balaban J connectivity index is 3.10. The Morgan fingerprint density at radius 3 is 2.47 bits per heavy atom. The van der Waals surface area contributed by atoms with Crippen molar-refractivity contribution in [1.82, 2.24) is 0 Å². The van der Waals surface area contributed by atoms with Crippen molar-refractivity contribution in [3.63, 3.8) is 0 Å². The lowest BCUT2D eigenvalue weighted by Crippen LogP contribution is -2.47. The van der Waals surface area contributed by atoms with Crippen LogP contribution in [0.3, 0.4) is 0 Å². The molecular formula is C12H18N2O. The third-order valence-corrected chi connectivity index (χ3v) is 2.34. The molecule has 5 N–H and O–H groups in total. The number of hydrogen-bond donors (Lipinski definition) is 3. The third-order valence-electron chi connectivity index (χ3n) is 2.34. The summed E-state index contributed by atoms with van der Waals surface area (Å²) in [4.78, 5) is 0.